The Morgan fingerprint density at radius 3 is 2.73 bits per heavy atom. The Kier molecular flexibility index (Phi) is 5.81. The fourth-order valence-electron chi connectivity index (χ4n) is 3.40. The van der Waals surface area contributed by atoms with E-state index < -0.39 is 6.10 Å². The van der Waals surface area contributed by atoms with Gasteiger partial charge in [0, 0.05) is 17.5 Å². The Labute approximate surface area is 179 Å². The Bertz CT molecular complexity index is 1060. The van der Waals surface area contributed by atoms with E-state index in [9.17, 15) is 9.59 Å². The second-order valence-electron chi connectivity index (χ2n) is 7.14. The number of rotatable bonds is 6. The molecule has 0 bridgehead atoms. The molecule has 2 heterocycles. The zero-order chi connectivity index (χ0) is 21.1. The maximum Gasteiger partial charge on any atom is 0.268 e. The van der Waals surface area contributed by atoms with E-state index in [1.807, 2.05) is 67.8 Å². The molecule has 4 rings (SSSR count). The van der Waals surface area contributed by atoms with Crippen LogP contribution < -0.4 is 15.0 Å². The van der Waals surface area contributed by atoms with Crippen molar-refractivity contribution < 1.29 is 14.3 Å². The SMILES string of the molecule is CCC1Oc2ccc(-c3csc(C)n3)cc2N(CC(=O)NCc2ccccc2)C1=O. The molecule has 0 saturated heterocycles. The van der Waals surface area contributed by atoms with E-state index in [0.717, 1.165) is 21.8 Å². The van der Waals surface area contributed by atoms with Crippen LogP contribution in [0.1, 0.15) is 23.9 Å². The maximum atomic E-state index is 13.0. The van der Waals surface area contributed by atoms with Crippen molar-refractivity contribution in [1.82, 2.24) is 10.3 Å². The highest BCUT2D eigenvalue weighted by molar-refractivity contribution is 7.09. The molecule has 1 unspecified atom stereocenters. The number of hydrogen-bond donors (Lipinski definition) is 1. The fourth-order valence-corrected chi connectivity index (χ4v) is 4.02. The van der Waals surface area contributed by atoms with Crippen molar-refractivity contribution in [2.75, 3.05) is 11.4 Å². The molecule has 1 N–H and O–H groups in total. The molecule has 2 aromatic carbocycles. The molecule has 30 heavy (non-hydrogen) atoms. The molecule has 3 aromatic rings. The molecule has 0 spiro atoms. The number of carbonyl (C=O) groups excluding carboxylic acids is 2. The maximum absolute atomic E-state index is 13.0. The van der Waals surface area contributed by atoms with Crippen molar-refractivity contribution in [3.8, 4) is 17.0 Å². The lowest BCUT2D eigenvalue weighted by molar-refractivity contribution is -0.129. The number of ether oxygens (including phenoxy) is 1. The minimum Gasteiger partial charge on any atom is -0.478 e. The number of amides is 2. The summed E-state index contributed by atoms with van der Waals surface area (Å²) in [6, 6.07) is 15.3. The predicted molar refractivity (Wildman–Crippen MR) is 118 cm³/mol. The molecular weight excluding hydrogens is 398 g/mol. The number of hydrogen-bond acceptors (Lipinski definition) is 5. The van der Waals surface area contributed by atoms with Crippen molar-refractivity contribution in [3.05, 3.63) is 64.5 Å². The summed E-state index contributed by atoms with van der Waals surface area (Å²) < 4.78 is 5.89. The van der Waals surface area contributed by atoms with Gasteiger partial charge in [-0.3, -0.25) is 14.5 Å². The second-order valence-corrected chi connectivity index (χ2v) is 8.20. The van der Waals surface area contributed by atoms with E-state index in [0.29, 0.717) is 24.4 Å². The van der Waals surface area contributed by atoms with E-state index in [1.54, 1.807) is 11.3 Å². The molecule has 0 saturated carbocycles. The van der Waals surface area contributed by atoms with E-state index in [1.165, 1.54) is 4.90 Å². The molecule has 0 aliphatic carbocycles. The van der Waals surface area contributed by atoms with Crippen LogP contribution in [0.2, 0.25) is 0 Å². The van der Waals surface area contributed by atoms with Gasteiger partial charge < -0.3 is 10.1 Å². The standard InChI is InChI=1S/C23H23N3O3S/c1-3-20-23(28)26(13-22(27)24-12-16-7-5-4-6-8-16)19-11-17(9-10-21(19)29-20)18-14-30-15(2)25-18/h4-11,14,20H,3,12-13H2,1-2H3,(H,24,27). The van der Waals surface area contributed by atoms with Gasteiger partial charge in [0.25, 0.3) is 5.91 Å². The monoisotopic (exact) mass is 421 g/mol. The summed E-state index contributed by atoms with van der Waals surface area (Å²) in [4.78, 5) is 31.7. The lowest BCUT2D eigenvalue weighted by atomic mass is 10.1. The van der Waals surface area contributed by atoms with Gasteiger partial charge in [-0.25, -0.2) is 4.98 Å². The highest BCUT2D eigenvalue weighted by Crippen LogP contribution is 2.38. The summed E-state index contributed by atoms with van der Waals surface area (Å²) in [5.41, 5.74) is 3.34. The van der Waals surface area contributed by atoms with E-state index in [2.05, 4.69) is 10.3 Å². The Balaban J connectivity index is 1.58. The Morgan fingerprint density at radius 1 is 1.23 bits per heavy atom. The van der Waals surface area contributed by atoms with Gasteiger partial charge in [-0.2, -0.15) is 0 Å². The van der Waals surface area contributed by atoms with Crippen LogP contribution in [-0.2, 0) is 16.1 Å². The zero-order valence-electron chi connectivity index (χ0n) is 16.9. The quantitative estimate of drug-likeness (QED) is 0.654. The van der Waals surface area contributed by atoms with Crippen LogP contribution in [0.25, 0.3) is 11.3 Å². The number of benzene rings is 2. The molecule has 0 radical (unpaired) electrons. The Hall–Kier alpha value is -3.19. The lowest BCUT2D eigenvalue weighted by Gasteiger charge is -2.34. The molecule has 1 aliphatic heterocycles. The lowest BCUT2D eigenvalue weighted by Crippen LogP contribution is -2.49. The number of fused-ring (bicyclic) bond motifs is 1. The molecule has 1 aromatic heterocycles. The smallest absolute Gasteiger partial charge is 0.268 e. The van der Waals surface area contributed by atoms with Crippen LogP contribution >= 0.6 is 11.3 Å². The minimum absolute atomic E-state index is 0.0575. The van der Waals surface area contributed by atoms with Gasteiger partial charge in [0.1, 0.15) is 12.3 Å². The molecule has 6 nitrogen and oxygen atoms in total. The van der Waals surface area contributed by atoms with Gasteiger partial charge in [-0.15, -0.1) is 11.3 Å². The number of anilines is 1. The van der Waals surface area contributed by atoms with Crippen LogP contribution in [0.15, 0.2) is 53.9 Å². The van der Waals surface area contributed by atoms with Gasteiger partial charge in [0.2, 0.25) is 5.91 Å². The number of aromatic nitrogens is 1. The van der Waals surface area contributed by atoms with Crippen LogP contribution in [0.3, 0.4) is 0 Å². The van der Waals surface area contributed by atoms with Crippen molar-refractivity contribution >= 4 is 28.8 Å². The zero-order valence-corrected chi connectivity index (χ0v) is 17.7. The topological polar surface area (TPSA) is 71.5 Å². The van der Waals surface area contributed by atoms with Crippen molar-refractivity contribution in [2.24, 2.45) is 0 Å². The highest BCUT2D eigenvalue weighted by Gasteiger charge is 2.34. The Morgan fingerprint density at radius 2 is 2.03 bits per heavy atom. The van der Waals surface area contributed by atoms with Crippen LogP contribution in [-0.4, -0.2) is 29.4 Å². The van der Waals surface area contributed by atoms with E-state index in [-0.39, 0.29) is 18.4 Å². The largest absolute Gasteiger partial charge is 0.478 e. The van der Waals surface area contributed by atoms with Crippen molar-refractivity contribution in [1.29, 1.82) is 0 Å². The summed E-state index contributed by atoms with van der Waals surface area (Å²) in [7, 11) is 0. The first-order valence-electron chi connectivity index (χ1n) is 9.90. The molecule has 1 atom stereocenters. The third kappa shape index (κ3) is 4.21. The third-order valence-electron chi connectivity index (χ3n) is 4.98. The minimum atomic E-state index is -0.591. The number of carbonyl (C=O) groups is 2. The van der Waals surface area contributed by atoms with Gasteiger partial charge in [0.15, 0.2) is 6.10 Å². The summed E-state index contributed by atoms with van der Waals surface area (Å²) in [6.07, 6.45) is -0.0558. The van der Waals surface area contributed by atoms with Gasteiger partial charge in [-0.05, 0) is 37.1 Å². The number of thiazole rings is 1. The van der Waals surface area contributed by atoms with Crippen molar-refractivity contribution in [2.45, 2.75) is 32.9 Å². The first kappa shape index (κ1) is 20.1. The summed E-state index contributed by atoms with van der Waals surface area (Å²) in [5.74, 6) is 0.185. The van der Waals surface area contributed by atoms with Crippen LogP contribution in [0.5, 0.6) is 5.75 Å². The van der Waals surface area contributed by atoms with E-state index in [4.69, 9.17) is 4.74 Å². The molecule has 2 amide bonds. The third-order valence-corrected chi connectivity index (χ3v) is 5.75. The van der Waals surface area contributed by atoms with Gasteiger partial charge >= 0.3 is 0 Å². The molecule has 154 valence electrons. The van der Waals surface area contributed by atoms with Gasteiger partial charge in [0.05, 0.1) is 16.4 Å². The second kappa shape index (κ2) is 8.67. The molecule has 7 heteroatoms. The van der Waals surface area contributed by atoms with Gasteiger partial charge in [-0.1, -0.05) is 37.3 Å². The van der Waals surface area contributed by atoms with Crippen LogP contribution in [0, 0.1) is 6.92 Å². The highest BCUT2D eigenvalue weighted by atomic mass is 32.1. The first-order valence-corrected chi connectivity index (χ1v) is 10.8. The fraction of sp³-hybridized carbons (Fsp3) is 0.261. The van der Waals surface area contributed by atoms with Crippen molar-refractivity contribution in [3.63, 3.8) is 0 Å². The summed E-state index contributed by atoms with van der Waals surface area (Å²) in [6.45, 7) is 4.21. The molecular formula is C23H23N3O3S. The normalized spacial score (nSPS) is 15.5. The van der Waals surface area contributed by atoms with E-state index >= 15 is 0 Å². The average molecular weight is 422 g/mol. The predicted octanol–water partition coefficient (Wildman–Crippen LogP) is 3.94. The summed E-state index contributed by atoms with van der Waals surface area (Å²) in [5, 5.41) is 5.85. The number of aryl methyl sites for hydroxylation is 1. The molecule has 1 aliphatic rings. The number of nitrogens with zero attached hydrogens (tertiary/aromatic N) is 2. The summed E-state index contributed by atoms with van der Waals surface area (Å²) >= 11 is 1.57. The molecule has 0 fully saturated rings. The number of nitrogens with one attached hydrogen (secondary N) is 1. The first-order chi connectivity index (χ1) is 14.5. The van der Waals surface area contributed by atoms with Crippen LogP contribution in [0.4, 0.5) is 5.69 Å². The average Bonchev–Trinajstić information content (AvgIpc) is 3.20.